The lowest BCUT2D eigenvalue weighted by atomic mass is 9.63. The average molecular weight is 483 g/mol. The van der Waals surface area contributed by atoms with Crippen LogP contribution >= 0.6 is 11.6 Å². The van der Waals surface area contributed by atoms with Crippen LogP contribution in [0.2, 0.25) is 5.02 Å². The van der Waals surface area contributed by atoms with Gasteiger partial charge in [0.1, 0.15) is 5.75 Å². The predicted molar refractivity (Wildman–Crippen MR) is 118 cm³/mol. The number of hydrazine groups is 1. The summed E-state index contributed by atoms with van der Waals surface area (Å²) in [6.07, 6.45) is -5.74. The summed E-state index contributed by atoms with van der Waals surface area (Å²) >= 11 is 6.04. The van der Waals surface area contributed by atoms with Crippen molar-refractivity contribution in [1.29, 1.82) is 0 Å². The van der Waals surface area contributed by atoms with Crippen LogP contribution in [0.4, 0.5) is 19.0 Å². The van der Waals surface area contributed by atoms with E-state index in [1.165, 1.54) is 33.0 Å². The van der Waals surface area contributed by atoms with Crippen LogP contribution < -0.4 is 16.4 Å². The highest BCUT2D eigenvalue weighted by Gasteiger charge is 2.64. The molecule has 0 radical (unpaired) electrons. The molecule has 0 fully saturated rings. The number of anilines is 1. The Kier molecular flexibility index (Phi) is 5.38. The predicted octanol–water partition coefficient (Wildman–Crippen LogP) is 3.93. The molecule has 2 aromatic carbocycles. The summed E-state index contributed by atoms with van der Waals surface area (Å²) in [4.78, 5) is 12.3. The molecule has 1 aromatic heterocycles. The van der Waals surface area contributed by atoms with E-state index in [1.807, 2.05) is 0 Å². The second-order valence-electron chi connectivity index (χ2n) is 8.87. The maximum atomic E-state index is 14.2. The molecular formula is C22H22ClF3N4O3. The summed E-state index contributed by atoms with van der Waals surface area (Å²) < 4.78 is 43.7. The minimum absolute atomic E-state index is 0.00305. The zero-order valence-corrected chi connectivity index (χ0v) is 18.7. The van der Waals surface area contributed by atoms with Crippen molar-refractivity contribution in [3.63, 3.8) is 0 Å². The maximum Gasteiger partial charge on any atom is 0.419 e. The minimum Gasteiger partial charge on any atom is -0.506 e. The monoisotopic (exact) mass is 482 g/mol. The van der Waals surface area contributed by atoms with Crippen LogP contribution in [0, 0.1) is 0 Å². The number of aliphatic hydroxyl groups is 1. The molecule has 0 aliphatic heterocycles. The van der Waals surface area contributed by atoms with Crippen molar-refractivity contribution in [2.45, 2.75) is 43.5 Å². The Bertz CT molecular complexity index is 1310. The van der Waals surface area contributed by atoms with Gasteiger partial charge in [-0.25, -0.2) is 10.1 Å². The van der Waals surface area contributed by atoms with Crippen LogP contribution in [0.15, 0.2) is 41.2 Å². The van der Waals surface area contributed by atoms with E-state index in [0.717, 1.165) is 4.68 Å². The lowest BCUT2D eigenvalue weighted by molar-refractivity contribution is -0.281. The molecule has 1 heterocycles. The molecule has 4 rings (SSSR count). The first-order chi connectivity index (χ1) is 15.3. The van der Waals surface area contributed by atoms with Crippen LogP contribution in [0.5, 0.6) is 5.75 Å². The fourth-order valence-electron chi connectivity index (χ4n) is 4.65. The number of aromatic nitrogens is 2. The van der Waals surface area contributed by atoms with Gasteiger partial charge in [0.2, 0.25) is 0 Å². The number of nitrogens with zero attached hydrogens (tertiary/aromatic N) is 2. The third-order valence-electron chi connectivity index (χ3n) is 6.12. The number of alkyl halides is 3. The highest BCUT2D eigenvalue weighted by atomic mass is 35.5. The molecule has 11 heteroatoms. The average Bonchev–Trinajstić information content (AvgIpc) is 2.72. The highest BCUT2D eigenvalue weighted by molar-refractivity contribution is 6.32. The number of phenols is 1. The number of aryl methyl sites for hydroxylation is 1. The summed E-state index contributed by atoms with van der Waals surface area (Å²) in [7, 11) is 1.42. The van der Waals surface area contributed by atoms with Gasteiger partial charge in [-0.05, 0) is 29.5 Å². The zero-order valence-electron chi connectivity index (χ0n) is 18.0. The number of phenolic OH excluding ortho intramolecular Hbond substituents is 1. The Balaban J connectivity index is 1.85. The molecule has 4 N–H and O–H groups in total. The van der Waals surface area contributed by atoms with Gasteiger partial charge >= 0.3 is 6.18 Å². The van der Waals surface area contributed by atoms with Gasteiger partial charge in [-0.15, -0.1) is 0 Å². The molecule has 176 valence electrons. The van der Waals surface area contributed by atoms with E-state index in [1.54, 1.807) is 24.3 Å². The number of aromatic hydroxyl groups is 1. The molecule has 0 saturated heterocycles. The van der Waals surface area contributed by atoms with Gasteiger partial charge in [-0.2, -0.15) is 18.3 Å². The number of benzene rings is 2. The summed E-state index contributed by atoms with van der Waals surface area (Å²) in [5.41, 5.74) is 0.671. The molecule has 2 atom stereocenters. The number of nitrogens with one attached hydrogen (secondary N) is 2. The smallest absolute Gasteiger partial charge is 0.419 e. The van der Waals surface area contributed by atoms with E-state index < -0.39 is 29.7 Å². The summed E-state index contributed by atoms with van der Waals surface area (Å²) in [5, 5.41) is 26.4. The molecule has 0 spiro atoms. The topological polar surface area (TPSA) is 99.4 Å². The molecular weight excluding hydrogens is 461 g/mol. The van der Waals surface area contributed by atoms with Crippen molar-refractivity contribution in [3.05, 3.63) is 62.9 Å². The van der Waals surface area contributed by atoms with Crippen LogP contribution in [-0.2, 0) is 12.5 Å². The van der Waals surface area contributed by atoms with Crippen molar-refractivity contribution in [2.75, 3.05) is 5.43 Å². The Hall–Kier alpha value is -2.82. The fraction of sp³-hybridized carbons (Fsp3) is 0.364. The molecule has 3 aromatic rings. The number of rotatable bonds is 3. The van der Waals surface area contributed by atoms with Crippen molar-refractivity contribution < 1.29 is 23.4 Å². The van der Waals surface area contributed by atoms with E-state index in [0.29, 0.717) is 10.8 Å². The molecule has 1 aliphatic carbocycles. The van der Waals surface area contributed by atoms with Crippen molar-refractivity contribution in [2.24, 2.45) is 7.05 Å². The highest BCUT2D eigenvalue weighted by Crippen LogP contribution is 2.56. The Morgan fingerprint density at radius 1 is 1.18 bits per heavy atom. The second kappa shape index (κ2) is 7.61. The van der Waals surface area contributed by atoms with E-state index in [9.17, 15) is 28.2 Å². The number of hydrogen-bond donors (Lipinski definition) is 4. The second-order valence-corrected chi connectivity index (χ2v) is 9.28. The van der Waals surface area contributed by atoms with Crippen LogP contribution in [0.1, 0.15) is 37.4 Å². The van der Waals surface area contributed by atoms with Crippen molar-refractivity contribution >= 4 is 28.2 Å². The number of fused-ring (bicyclic) bond motifs is 2. The molecule has 33 heavy (non-hydrogen) atoms. The minimum atomic E-state index is -5.00. The van der Waals surface area contributed by atoms with Gasteiger partial charge in [0.05, 0.1) is 16.5 Å². The van der Waals surface area contributed by atoms with Crippen LogP contribution in [0.3, 0.4) is 0 Å². The lowest BCUT2D eigenvalue weighted by Gasteiger charge is -2.48. The molecule has 7 nitrogen and oxygen atoms in total. The van der Waals surface area contributed by atoms with Gasteiger partial charge in [-0.3, -0.25) is 4.79 Å². The lowest BCUT2D eigenvalue weighted by Crippen LogP contribution is -2.60. The van der Waals surface area contributed by atoms with E-state index >= 15 is 0 Å². The first kappa shape index (κ1) is 23.3. The Morgan fingerprint density at radius 2 is 1.82 bits per heavy atom. The summed E-state index contributed by atoms with van der Waals surface area (Å²) in [5.74, 6) is -0.234. The fourth-order valence-corrected chi connectivity index (χ4v) is 4.81. The van der Waals surface area contributed by atoms with E-state index in [4.69, 9.17) is 11.6 Å². The summed E-state index contributed by atoms with van der Waals surface area (Å²) in [6.45, 7) is 3.01. The Labute approximate surface area is 191 Å². The van der Waals surface area contributed by atoms with Gasteiger partial charge in [0.15, 0.2) is 11.4 Å². The summed E-state index contributed by atoms with van der Waals surface area (Å²) in [6, 6.07) is 7.42. The molecule has 1 aliphatic rings. The standard InChI is InChI=1S/C22H22ClF3N4O3/c1-20(2)10-21(33,22(24,25)26)17(13-8-9-14(23)16(31)15(13)20)27-28-18-11-6-4-5-7-12(11)19(32)30(3)29-18/h4-9,17,27,31,33H,10H2,1-3H3,(H,28,29). The third kappa shape index (κ3) is 3.62. The molecule has 0 bridgehead atoms. The van der Waals surface area contributed by atoms with Crippen LogP contribution in [0.25, 0.3) is 10.8 Å². The van der Waals surface area contributed by atoms with Gasteiger partial charge < -0.3 is 15.6 Å². The van der Waals surface area contributed by atoms with E-state index in [2.05, 4.69) is 16.0 Å². The van der Waals surface area contributed by atoms with E-state index in [-0.39, 0.29) is 33.3 Å². The zero-order chi connectivity index (χ0) is 24.3. The normalized spacial score (nSPS) is 22.2. The number of halogens is 4. The molecule has 0 amide bonds. The maximum absolute atomic E-state index is 14.2. The third-order valence-corrected chi connectivity index (χ3v) is 6.43. The number of hydrogen-bond acceptors (Lipinski definition) is 6. The quantitative estimate of drug-likeness (QED) is 0.422. The van der Waals surface area contributed by atoms with Gasteiger partial charge in [-0.1, -0.05) is 49.7 Å². The first-order valence-corrected chi connectivity index (χ1v) is 10.4. The first-order valence-electron chi connectivity index (χ1n) is 10.1. The molecule has 0 saturated carbocycles. The van der Waals surface area contributed by atoms with Crippen molar-refractivity contribution in [1.82, 2.24) is 15.2 Å². The van der Waals surface area contributed by atoms with Crippen molar-refractivity contribution in [3.8, 4) is 5.75 Å². The largest absolute Gasteiger partial charge is 0.506 e. The Morgan fingerprint density at radius 3 is 2.45 bits per heavy atom. The van der Waals surface area contributed by atoms with Crippen LogP contribution in [-0.4, -0.2) is 31.8 Å². The SMILES string of the molecule is Cn1nc(NNC2c3ccc(Cl)c(O)c3C(C)(C)CC2(O)C(F)(F)F)c2ccccc2c1=O. The molecule has 2 unspecified atom stereocenters. The van der Waals surface area contributed by atoms with Gasteiger partial charge in [0, 0.05) is 18.0 Å². The van der Waals surface area contributed by atoms with Gasteiger partial charge in [0.25, 0.3) is 5.56 Å².